The maximum absolute atomic E-state index is 12.6. The fraction of sp³-hybridized carbons (Fsp3) is 0.650. The van der Waals surface area contributed by atoms with Gasteiger partial charge in [-0.15, -0.1) is 0 Å². The van der Waals surface area contributed by atoms with Crippen LogP contribution >= 0.6 is 0 Å². The highest BCUT2D eigenvalue weighted by Crippen LogP contribution is 2.28. The third-order valence-electron chi connectivity index (χ3n) is 5.79. The Kier molecular flexibility index (Phi) is 7.33. The standard InChI is InChI=1S/C20H31N3O4S/c1-5-20(3,4)28(26,27)23-17-11-9-15(10-12-17)19(24)21-18-8-6-7-16(13-18)14(2)22-25/h6-8,13-15,17,23H,5,9-12H2,1-4H3,(H,21,24). The molecule has 156 valence electrons. The van der Waals surface area contributed by atoms with Gasteiger partial charge in [0.25, 0.3) is 0 Å². The molecule has 1 unspecified atom stereocenters. The van der Waals surface area contributed by atoms with Gasteiger partial charge in [0.2, 0.25) is 15.9 Å². The van der Waals surface area contributed by atoms with E-state index in [0.29, 0.717) is 37.8 Å². The topological polar surface area (TPSA) is 105 Å². The van der Waals surface area contributed by atoms with Crippen LogP contribution in [0.25, 0.3) is 0 Å². The number of carbonyl (C=O) groups excluding carboxylic acids is 1. The molecular weight excluding hydrogens is 378 g/mol. The van der Waals surface area contributed by atoms with Crippen LogP contribution in [0.1, 0.15) is 71.4 Å². The normalized spacial score (nSPS) is 21.7. The van der Waals surface area contributed by atoms with E-state index < -0.39 is 20.8 Å². The molecule has 1 amide bonds. The maximum atomic E-state index is 12.6. The molecule has 0 aromatic heterocycles. The largest absolute Gasteiger partial charge is 0.326 e. The summed E-state index contributed by atoms with van der Waals surface area (Å²) in [4.78, 5) is 23.3. The zero-order chi connectivity index (χ0) is 20.9. The number of nitroso groups, excluding NO2 is 1. The van der Waals surface area contributed by atoms with Crippen LogP contribution in [0.5, 0.6) is 0 Å². The lowest BCUT2D eigenvalue weighted by Gasteiger charge is -2.31. The van der Waals surface area contributed by atoms with E-state index in [2.05, 4.69) is 15.2 Å². The van der Waals surface area contributed by atoms with E-state index in [4.69, 9.17) is 0 Å². The first-order valence-corrected chi connectivity index (χ1v) is 11.3. The minimum absolute atomic E-state index is 0.0703. The molecule has 1 aromatic rings. The predicted molar refractivity (Wildman–Crippen MR) is 111 cm³/mol. The highest BCUT2D eigenvalue weighted by Gasteiger charge is 2.36. The van der Waals surface area contributed by atoms with Crippen molar-refractivity contribution in [1.29, 1.82) is 0 Å². The molecule has 0 heterocycles. The molecule has 0 aliphatic heterocycles. The number of sulfonamides is 1. The summed E-state index contributed by atoms with van der Waals surface area (Å²) in [7, 11) is -3.40. The lowest BCUT2D eigenvalue weighted by atomic mass is 9.86. The highest BCUT2D eigenvalue weighted by atomic mass is 32.2. The summed E-state index contributed by atoms with van der Waals surface area (Å²) < 4.78 is 27.0. The Morgan fingerprint density at radius 3 is 2.46 bits per heavy atom. The zero-order valence-electron chi connectivity index (χ0n) is 17.1. The van der Waals surface area contributed by atoms with E-state index in [1.165, 1.54) is 0 Å². The molecule has 28 heavy (non-hydrogen) atoms. The van der Waals surface area contributed by atoms with E-state index in [1.54, 1.807) is 45.0 Å². The van der Waals surface area contributed by atoms with Crippen molar-refractivity contribution in [2.75, 3.05) is 5.32 Å². The van der Waals surface area contributed by atoms with Crippen molar-refractivity contribution in [3.05, 3.63) is 34.7 Å². The number of nitrogens with zero attached hydrogens (tertiary/aromatic N) is 1. The maximum Gasteiger partial charge on any atom is 0.227 e. The summed E-state index contributed by atoms with van der Waals surface area (Å²) in [6.45, 7) is 7.02. The molecule has 1 aliphatic rings. The second kappa shape index (κ2) is 9.13. The number of nitrogens with one attached hydrogen (secondary N) is 2. The quantitative estimate of drug-likeness (QED) is 0.630. The van der Waals surface area contributed by atoms with E-state index in [1.807, 2.05) is 6.92 Å². The third kappa shape index (κ3) is 5.38. The molecular formula is C20H31N3O4S. The van der Waals surface area contributed by atoms with Crippen molar-refractivity contribution in [1.82, 2.24) is 4.72 Å². The molecule has 8 heteroatoms. The van der Waals surface area contributed by atoms with Gasteiger partial charge in [-0.25, -0.2) is 13.1 Å². The number of hydrogen-bond acceptors (Lipinski definition) is 5. The summed E-state index contributed by atoms with van der Waals surface area (Å²) in [6.07, 6.45) is 3.10. The molecule has 0 bridgehead atoms. The Labute approximate surface area is 167 Å². The van der Waals surface area contributed by atoms with Crippen LogP contribution in [0.4, 0.5) is 5.69 Å². The first-order valence-electron chi connectivity index (χ1n) is 9.84. The number of carbonyl (C=O) groups is 1. The number of rotatable bonds is 8. The van der Waals surface area contributed by atoms with Gasteiger partial charge in [0.15, 0.2) is 0 Å². The number of anilines is 1. The molecule has 1 fully saturated rings. The molecule has 0 saturated heterocycles. The van der Waals surface area contributed by atoms with Gasteiger partial charge in [-0.1, -0.05) is 24.2 Å². The molecule has 2 N–H and O–H groups in total. The van der Waals surface area contributed by atoms with E-state index >= 15 is 0 Å². The first kappa shape index (κ1) is 22.5. The minimum Gasteiger partial charge on any atom is -0.326 e. The van der Waals surface area contributed by atoms with Crippen LogP contribution in [-0.2, 0) is 14.8 Å². The summed E-state index contributed by atoms with van der Waals surface area (Å²) in [5.74, 6) is -0.218. The predicted octanol–water partition coefficient (Wildman–Crippen LogP) is 4.12. The SMILES string of the molecule is CCC(C)(C)S(=O)(=O)NC1CCC(C(=O)Nc2cccc(C(C)N=O)c2)CC1. The Balaban J connectivity index is 1.91. The Hall–Kier alpha value is -1.80. The second-order valence-electron chi connectivity index (χ2n) is 8.18. The third-order valence-corrected chi connectivity index (χ3v) is 8.18. The Morgan fingerprint density at radius 1 is 1.25 bits per heavy atom. The van der Waals surface area contributed by atoms with Crippen molar-refractivity contribution < 1.29 is 13.2 Å². The molecule has 1 saturated carbocycles. The van der Waals surface area contributed by atoms with Crippen molar-refractivity contribution in [2.45, 2.75) is 76.6 Å². The average Bonchev–Trinajstić information content (AvgIpc) is 2.67. The molecule has 1 aliphatic carbocycles. The average molecular weight is 410 g/mol. The lowest BCUT2D eigenvalue weighted by Crippen LogP contribution is -2.47. The van der Waals surface area contributed by atoms with E-state index in [-0.39, 0.29) is 17.9 Å². The molecule has 1 atom stereocenters. The molecule has 0 radical (unpaired) electrons. The summed E-state index contributed by atoms with van der Waals surface area (Å²) in [5.41, 5.74) is 1.40. The molecule has 2 rings (SSSR count). The second-order valence-corrected chi connectivity index (χ2v) is 10.5. The number of amides is 1. The van der Waals surface area contributed by atoms with Crippen LogP contribution in [0, 0.1) is 10.8 Å². The lowest BCUT2D eigenvalue weighted by molar-refractivity contribution is -0.120. The van der Waals surface area contributed by atoms with Gasteiger partial charge in [-0.3, -0.25) is 4.79 Å². The monoisotopic (exact) mass is 409 g/mol. The molecule has 7 nitrogen and oxygen atoms in total. The van der Waals surface area contributed by atoms with Gasteiger partial charge in [0.1, 0.15) is 6.04 Å². The zero-order valence-corrected chi connectivity index (χ0v) is 17.9. The van der Waals surface area contributed by atoms with Crippen molar-refractivity contribution >= 4 is 21.6 Å². The fourth-order valence-electron chi connectivity index (χ4n) is 3.22. The van der Waals surface area contributed by atoms with E-state index in [9.17, 15) is 18.1 Å². The smallest absolute Gasteiger partial charge is 0.227 e. The van der Waals surface area contributed by atoms with Gasteiger partial charge in [-0.05, 0) is 70.6 Å². The fourth-order valence-corrected chi connectivity index (χ4v) is 4.60. The summed E-state index contributed by atoms with van der Waals surface area (Å²) in [6, 6.07) is 6.54. The van der Waals surface area contributed by atoms with Crippen LogP contribution in [-0.4, -0.2) is 25.1 Å². The summed E-state index contributed by atoms with van der Waals surface area (Å²) >= 11 is 0. The van der Waals surface area contributed by atoms with E-state index in [0.717, 1.165) is 5.56 Å². The molecule has 1 aromatic carbocycles. The molecule has 0 spiro atoms. The van der Waals surface area contributed by atoms with Crippen LogP contribution in [0.2, 0.25) is 0 Å². The minimum atomic E-state index is -3.40. The van der Waals surface area contributed by atoms with Crippen LogP contribution in [0.15, 0.2) is 29.4 Å². The Bertz CT molecular complexity index is 799. The van der Waals surface area contributed by atoms with Crippen molar-refractivity contribution in [2.24, 2.45) is 11.1 Å². The van der Waals surface area contributed by atoms with Crippen molar-refractivity contribution in [3.63, 3.8) is 0 Å². The van der Waals surface area contributed by atoms with Crippen LogP contribution in [0.3, 0.4) is 0 Å². The van der Waals surface area contributed by atoms with Gasteiger partial charge >= 0.3 is 0 Å². The van der Waals surface area contributed by atoms with Gasteiger partial charge in [0, 0.05) is 17.6 Å². The van der Waals surface area contributed by atoms with Crippen molar-refractivity contribution in [3.8, 4) is 0 Å². The number of benzene rings is 1. The first-order chi connectivity index (χ1) is 13.1. The summed E-state index contributed by atoms with van der Waals surface area (Å²) in [5, 5.41) is 5.92. The van der Waals surface area contributed by atoms with Gasteiger partial charge < -0.3 is 5.32 Å². The van der Waals surface area contributed by atoms with Crippen LogP contribution < -0.4 is 10.0 Å². The highest BCUT2D eigenvalue weighted by molar-refractivity contribution is 7.90. The number of hydrogen-bond donors (Lipinski definition) is 2. The van der Waals surface area contributed by atoms with Gasteiger partial charge in [0.05, 0.1) is 4.75 Å². The Morgan fingerprint density at radius 2 is 1.89 bits per heavy atom. The van der Waals surface area contributed by atoms with Gasteiger partial charge in [-0.2, -0.15) is 4.91 Å².